The van der Waals surface area contributed by atoms with Gasteiger partial charge in [-0.05, 0) is 81.5 Å². The molecule has 7 nitrogen and oxygen atoms in total. The van der Waals surface area contributed by atoms with E-state index in [-0.39, 0.29) is 11.9 Å². The van der Waals surface area contributed by atoms with E-state index in [0.29, 0.717) is 19.1 Å². The van der Waals surface area contributed by atoms with Crippen LogP contribution in [0.3, 0.4) is 0 Å². The monoisotopic (exact) mass is 564 g/mol. The zero-order valence-corrected chi connectivity index (χ0v) is 24.7. The number of ether oxygens (including phenoxy) is 1. The highest BCUT2D eigenvalue weighted by atomic mass is 32.2. The van der Waals surface area contributed by atoms with Crippen LogP contribution < -0.4 is 5.32 Å². The Morgan fingerprint density at radius 2 is 1.73 bits per heavy atom. The third-order valence-corrected chi connectivity index (χ3v) is 11.5. The largest absolute Gasteiger partial charge is 0.381 e. The first kappa shape index (κ1) is 27.6. The van der Waals surface area contributed by atoms with Crippen LogP contribution in [0.25, 0.3) is 16.9 Å². The third-order valence-electron chi connectivity index (χ3n) is 9.31. The van der Waals surface area contributed by atoms with Crippen molar-refractivity contribution in [1.29, 1.82) is 0 Å². The minimum Gasteiger partial charge on any atom is -0.381 e. The lowest BCUT2D eigenvalue weighted by molar-refractivity contribution is 0.0696. The van der Waals surface area contributed by atoms with Crippen molar-refractivity contribution in [1.82, 2.24) is 18.6 Å². The molecular formula is C32H44N4O3S. The molecule has 3 fully saturated rings. The van der Waals surface area contributed by atoms with Crippen molar-refractivity contribution in [2.75, 3.05) is 26.3 Å². The average molecular weight is 565 g/mol. The Labute approximate surface area is 239 Å². The predicted octanol–water partition coefficient (Wildman–Crippen LogP) is 5.68. The van der Waals surface area contributed by atoms with E-state index in [1.165, 1.54) is 38.5 Å². The van der Waals surface area contributed by atoms with Gasteiger partial charge in [0.1, 0.15) is 0 Å². The Balaban J connectivity index is 1.44. The van der Waals surface area contributed by atoms with Gasteiger partial charge in [0.25, 0.3) is 5.91 Å². The fourth-order valence-electron chi connectivity index (χ4n) is 6.93. The molecule has 6 rings (SSSR count). The van der Waals surface area contributed by atoms with E-state index in [9.17, 15) is 9.00 Å². The molecule has 3 aromatic rings. The number of pyridine rings is 1. The van der Waals surface area contributed by atoms with Crippen molar-refractivity contribution in [3.05, 3.63) is 47.8 Å². The van der Waals surface area contributed by atoms with Crippen LogP contribution in [0, 0.1) is 12.8 Å². The number of hydrogen-bond acceptors (Lipinski definition) is 3. The SMILES string of the molecule is C=S(=O)(c1cc(-c2cc(C(=O)NC3CCOCC3)c(C)n2CC2CCCCC2)n2ccccc12)N1CCCCC1. The lowest BCUT2D eigenvalue weighted by Gasteiger charge is -2.29. The number of piperidine rings is 1. The van der Waals surface area contributed by atoms with E-state index in [4.69, 9.17) is 4.74 Å². The minimum atomic E-state index is -2.64. The van der Waals surface area contributed by atoms with Crippen LogP contribution in [0.2, 0.25) is 0 Å². The van der Waals surface area contributed by atoms with Crippen LogP contribution in [-0.4, -0.2) is 61.6 Å². The standard InChI is InChI=1S/C32H44N4O3S/c1-24-27(32(37)33-26-14-19-39-20-15-26)21-29(36(24)23-25-11-5-3-6-12-25)30-22-31(28-13-7-10-18-35(28)30)40(2,38)34-16-8-4-9-17-34/h7,10,13,18,21-22,25-26H,2-6,8-9,11-12,14-17,19-20,23H2,1H3,(H,33,37). The van der Waals surface area contributed by atoms with Gasteiger partial charge in [0.15, 0.2) is 0 Å². The summed E-state index contributed by atoms with van der Waals surface area (Å²) in [4.78, 5) is 14.4. The maximum Gasteiger partial charge on any atom is 0.253 e. The van der Waals surface area contributed by atoms with Gasteiger partial charge in [-0.25, -0.2) is 8.51 Å². The molecule has 2 aliphatic heterocycles. The van der Waals surface area contributed by atoms with Crippen molar-refractivity contribution in [2.45, 2.75) is 88.6 Å². The summed E-state index contributed by atoms with van der Waals surface area (Å²) >= 11 is 0. The summed E-state index contributed by atoms with van der Waals surface area (Å²) in [6, 6.07) is 10.4. The number of carbonyl (C=O) groups is 1. The molecule has 2 saturated heterocycles. The summed E-state index contributed by atoms with van der Waals surface area (Å²) in [6.07, 6.45) is 13.3. The van der Waals surface area contributed by atoms with Crippen LogP contribution in [0.1, 0.15) is 80.3 Å². The predicted molar refractivity (Wildman–Crippen MR) is 162 cm³/mol. The topological polar surface area (TPSA) is 68.0 Å². The van der Waals surface area contributed by atoms with Gasteiger partial charge in [-0.15, -0.1) is 0 Å². The molecule has 0 spiro atoms. The summed E-state index contributed by atoms with van der Waals surface area (Å²) < 4.78 is 26.4. The molecule has 1 amide bonds. The molecule has 3 aromatic heterocycles. The average Bonchev–Trinajstić information content (AvgIpc) is 3.53. The van der Waals surface area contributed by atoms with Gasteiger partial charge >= 0.3 is 0 Å². The van der Waals surface area contributed by atoms with Gasteiger partial charge in [0.05, 0.1) is 37.1 Å². The van der Waals surface area contributed by atoms with Crippen LogP contribution in [-0.2, 0) is 21.0 Å². The molecule has 1 unspecified atom stereocenters. The second kappa shape index (κ2) is 11.7. The molecule has 3 aliphatic rings. The number of hydrogen-bond donors (Lipinski definition) is 1. The summed E-state index contributed by atoms with van der Waals surface area (Å²) in [7, 11) is -2.64. The van der Waals surface area contributed by atoms with Crippen LogP contribution in [0.4, 0.5) is 0 Å². The van der Waals surface area contributed by atoms with Crippen LogP contribution in [0.15, 0.2) is 41.4 Å². The Kier molecular flexibility index (Phi) is 8.11. The lowest BCUT2D eigenvalue weighted by atomic mass is 9.89. The molecule has 0 bridgehead atoms. The smallest absolute Gasteiger partial charge is 0.253 e. The Morgan fingerprint density at radius 1 is 1.00 bits per heavy atom. The van der Waals surface area contributed by atoms with E-state index in [1.54, 1.807) is 0 Å². The van der Waals surface area contributed by atoms with Gasteiger partial charge in [-0.2, -0.15) is 0 Å². The van der Waals surface area contributed by atoms with Gasteiger partial charge in [-0.3, -0.25) is 4.79 Å². The molecule has 216 valence electrons. The normalized spacial score (nSPS) is 21.4. The maximum atomic E-state index is 14.3. The number of nitrogens with one attached hydrogen (secondary N) is 1. The molecule has 1 aliphatic carbocycles. The molecule has 8 heteroatoms. The Morgan fingerprint density at radius 3 is 2.48 bits per heavy atom. The quantitative estimate of drug-likeness (QED) is 0.376. The number of rotatable bonds is 7. The Hall–Kier alpha value is -2.55. The maximum absolute atomic E-state index is 14.3. The second-order valence-electron chi connectivity index (χ2n) is 12.0. The number of amides is 1. The van der Waals surface area contributed by atoms with Gasteiger partial charge < -0.3 is 19.0 Å². The van der Waals surface area contributed by atoms with Crippen molar-refractivity contribution < 1.29 is 13.7 Å². The van der Waals surface area contributed by atoms with Crippen molar-refractivity contribution in [2.24, 2.45) is 5.92 Å². The van der Waals surface area contributed by atoms with E-state index < -0.39 is 9.71 Å². The van der Waals surface area contributed by atoms with E-state index in [2.05, 4.69) is 49.7 Å². The molecule has 1 atom stereocenters. The zero-order valence-electron chi connectivity index (χ0n) is 23.9. The van der Waals surface area contributed by atoms with E-state index in [0.717, 1.165) is 78.4 Å². The molecule has 5 heterocycles. The molecular weight excluding hydrogens is 520 g/mol. The first-order valence-electron chi connectivity index (χ1n) is 15.2. The number of carbonyl (C=O) groups excluding carboxylic acids is 1. The zero-order chi connectivity index (χ0) is 27.7. The second-order valence-corrected chi connectivity index (χ2v) is 14.2. The highest BCUT2D eigenvalue weighted by molar-refractivity contribution is 7.98. The van der Waals surface area contributed by atoms with Crippen molar-refractivity contribution >= 4 is 27.0 Å². The highest BCUT2D eigenvalue weighted by Gasteiger charge is 2.29. The third kappa shape index (κ3) is 5.38. The number of fused-ring (bicyclic) bond motifs is 1. The first-order chi connectivity index (χ1) is 19.4. The molecule has 1 saturated carbocycles. The van der Waals surface area contributed by atoms with Crippen molar-refractivity contribution in [3.63, 3.8) is 0 Å². The number of nitrogens with zero attached hydrogens (tertiary/aromatic N) is 3. The summed E-state index contributed by atoms with van der Waals surface area (Å²) in [6.45, 7) is 5.99. The number of aromatic nitrogens is 2. The highest BCUT2D eigenvalue weighted by Crippen LogP contribution is 2.36. The fraction of sp³-hybridized carbons (Fsp3) is 0.562. The van der Waals surface area contributed by atoms with Gasteiger partial charge in [0, 0.05) is 50.8 Å². The summed E-state index contributed by atoms with van der Waals surface area (Å²) in [5.41, 5.74) is 4.66. The first-order valence-corrected chi connectivity index (χ1v) is 16.9. The van der Waals surface area contributed by atoms with Gasteiger partial charge in [-0.1, -0.05) is 31.7 Å². The summed E-state index contributed by atoms with van der Waals surface area (Å²) in [5, 5.41) is 3.28. The van der Waals surface area contributed by atoms with E-state index in [1.807, 2.05) is 18.2 Å². The molecule has 1 N–H and O–H groups in total. The lowest BCUT2D eigenvalue weighted by Crippen LogP contribution is -2.39. The fourth-order valence-corrected chi connectivity index (χ4v) is 8.84. The van der Waals surface area contributed by atoms with E-state index >= 15 is 0 Å². The molecule has 40 heavy (non-hydrogen) atoms. The summed E-state index contributed by atoms with van der Waals surface area (Å²) in [5.74, 6) is 4.90. The van der Waals surface area contributed by atoms with Crippen LogP contribution in [0.5, 0.6) is 0 Å². The molecule has 0 aromatic carbocycles. The Bertz CT molecular complexity index is 1450. The minimum absolute atomic E-state index is 0.0107. The van der Waals surface area contributed by atoms with Gasteiger partial charge in [0.2, 0.25) is 0 Å². The molecule has 0 radical (unpaired) electrons. The van der Waals surface area contributed by atoms with Crippen LogP contribution >= 0.6 is 0 Å². The van der Waals surface area contributed by atoms with Crippen molar-refractivity contribution in [3.8, 4) is 11.4 Å².